The van der Waals surface area contributed by atoms with E-state index in [1.165, 1.54) is 23.9 Å². The van der Waals surface area contributed by atoms with E-state index in [0.29, 0.717) is 32.7 Å². The van der Waals surface area contributed by atoms with E-state index in [1.54, 1.807) is 24.3 Å². The van der Waals surface area contributed by atoms with Gasteiger partial charge in [0.1, 0.15) is 16.3 Å². The Kier molecular flexibility index (Phi) is 9.84. The van der Waals surface area contributed by atoms with E-state index in [1.807, 2.05) is 91.0 Å². The van der Waals surface area contributed by atoms with E-state index in [0.717, 1.165) is 16.7 Å². The molecule has 47 heavy (non-hydrogen) atoms. The number of rotatable bonds is 10. The summed E-state index contributed by atoms with van der Waals surface area (Å²) in [6, 6.07) is 37.5. The lowest BCUT2D eigenvalue weighted by atomic mass is 10.0. The molecule has 0 bridgehead atoms. The second-order valence-electron chi connectivity index (χ2n) is 10.2. The van der Waals surface area contributed by atoms with E-state index in [-0.39, 0.29) is 21.4 Å². The fourth-order valence-corrected chi connectivity index (χ4v) is 7.53. The quantitative estimate of drug-likeness (QED) is 0.137. The van der Waals surface area contributed by atoms with Gasteiger partial charge in [-0.3, -0.25) is 4.79 Å². The lowest BCUT2D eigenvalue weighted by Crippen LogP contribution is -2.19. The fourth-order valence-electron chi connectivity index (χ4n) is 4.63. The summed E-state index contributed by atoms with van der Waals surface area (Å²) in [6.07, 6.45) is 0. The molecule has 12 heteroatoms. The van der Waals surface area contributed by atoms with Crippen LogP contribution in [0.1, 0.15) is 15.9 Å². The number of nitrogens with one attached hydrogen (secondary N) is 2. The summed E-state index contributed by atoms with van der Waals surface area (Å²) < 4.78 is 30.7. The maximum absolute atomic E-state index is 14.1. The number of aromatic nitrogens is 3. The lowest BCUT2D eigenvalue weighted by Gasteiger charge is -2.15. The van der Waals surface area contributed by atoms with Crippen LogP contribution in [0.2, 0.25) is 10.0 Å². The molecule has 2 N–H and O–H groups in total. The number of halogens is 2. The minimum atomic E-state index is -4.37. The van der Waals surface area contributed by atoms with Crippen molar-refractivity contribution < 1.29 is 13.2 Å². The Morgan fingerprint density at radius 2 is 1.32 bits per heavy atom. The minimum Gasteiger partial charge on any atom is -0.322 e. The second kappa shape index (κ2) is 14.4. The summed E-state index contributed by atoms with van der Waals surface area (Å²) in [7, 11) is -4.37. The summed E-state index contributed by atoms with van der Waals surface area (Å²) in [5.41, 5.74) is 3.85. The Hall–Kier alpha value is -4.74. The van der Waals surface area contributed by atoms with Crippen molar-refractivity contribution in [3.8, 4) is 22.5 Å². The molecule has 5 aromatic carbocycles. The van der Waals surface area contributed by atoms with Crippen molar-refractivity contribution in [1.82, 2.24) is 15.2 Å². The highest BCUT2D eigenvalue weighted by atomic mass is 35.5. The van der Waals surface area contributed by atoms with Crippen molar-refractivity contribution in [3.63, 3.8) is 0 Å². The van der Waals surface area contributed by atoms with Gasteiger partial charge in [-0.05, 0) is 42.0 Å². The zero-order chi connectivity index (χ0) is 32.8. The van der Waals surface area contributed by atoms with Crippen LogP contribution in [0.5, 0.6) is 0 Å². The van der Waals surface area contributed by atoms with Gasteiger partial charge in [-0.15, -0.1) is 22.0 Å². The highest BCUT2D eigenvalue weighted by Crippen LogP contribution is 2.36. The first kappa shape index (κ1) is 32.2. The number of carbonyl (C=O) groups is 1. The monoisotopic (exact) mass is 697 g/mol. The molecule has 0 fully saturated rings. The second-order valence-corrected chi connectivity index (χ2v) is 13.7. The van der Waals surface area contributed by atoms with Crippen molar-refractivity contribution in [3.05, 3.63) is 149 Å². The number of nitrogens with zero attached hydrogens (tertiary/aromatic N) is 3. The number of sulfonamides is 1. The Bertz CT molecular complexity index is 2140. The fraction of sp³-hybridized carbons (Fsp3) is 0.0286. The van der Waals surface area contributed by atoms with Crippen LogP contribution in [0, 0.1) is 0 Å². The molecule has 0 saturated carbocycles. The Morgan fingerprint density at radius 3 is 1.96 bits per heavy atom. The van der Waals surface area contributed by atoms with Crippen molar-refractivity contribution in [2.75, 3.05) is 10.0 Å². The zero-order valence-electron chi connectivity index (χ0n) is 24.5. The molecule has 0 spiro atoms. The highest BCUT2D eigenvalue weighted by Gasteiger charge is 2.26. The van der Waals surface area contributed by atoms with Crippen molar-refractivity contribution >= 4 is 62.5 Å². The van der Waals surface area contributed by atoms with Crippen LogP contribution in [0.3, 0.4) is 0 Å². The molecule has 0 unspecified atom stereocenters. The minimum absolute atomic E-state index is 0.0329. The maximum Gasteiger partial charge on any atom is 0.265 e. The third-order valence-corrected chi connectivity index (χ3v) is 10.1. The molecule has 0 radical (unpaired) electrons. The topological polar surface area (TPSA) is 114 Å². The molecule has 0 aliphatic carbocycles. The summed E-state index contributed by atoms with van der Waals surface area (Å²) in [5, 5.41) is 11.8. The van der Waals surface area contributed by atoms with Crippen LogP contribution < -0.4 is 10.0 Å². The molecule has 6 rings (SSSR count). The first-order chi connectivity index (χ1) is 22.8. The average molecular weight is 699 g/mol. The Balaban J connectivity index is 1.39. The number of amides is 1. The van der Waals surface area contributed by atoms with E-state index >= 15 is 0 Å². The summed E-state index contributed by atoms with van der Waals surface area (Å²) in [5.74, 6) is -0.368. The molecule has 0 saturated heterocycles. The van der Waals surface area contributed by atoms with Crippen LogP contribution in [-0.2, 0) is 15.8 Å². The molecule has 0 aliphatic rings. The van der Waals surface area contributed by atoms with Gasteiger partial charge in [0.25, 0.3) is 21.9 Å². The molecule has 1 amide bonds. The van der Waals surface area contributed by atoms with Crippen LogP contribution in [0.15, 0.2) is 137 Å². The SMILES string of the molecule is O=C(Nc1ccc(Cl)cc1)c1cc(S(=O)(=O)Nc2nnc(-c3ccccc3)c(-c3ccccc3)n2)c(SCc2ccccc2)cc1Cl. The van der Waals surface area contributed by atoms with Crippen molar-refractivity contribution in [2.45, 2.75) is 15.5 Å². The van der Waals surface area contributed by atoms with Crippen molar-refractivity contribution in [2.24, 2.45) is 0 Å². The molecule has 6 aromatic rings. The summed E-state index contributed by atoms with van der Waals surface area (Å²) in [6.45, 7) is 0. The first-order valence-corrected chi connectivity index (χ1v) is 17.4. The molecular weight excluding hydrogens is 673 g/mol. The third kappa shape index (κ3) is 7.81. The van der Waals surface area contributed by atoms with Gasteiger partial charge >= 0.3 is 0 Å². The zero-order valence-corrected chi connectivity index (χ0v) is 27.6. The number of carbonyl (C=O) groups excluding carboxylic acids is 1. The molecule has 1 aromatic heterocycles. The molecule has 234 valence electrons. The molecule has 1 heterocycles. The number of benzene rings is 5. The maximum atomic E-state index is 14.1. The summed E-state index contributed by atoms with van der Waals surface area (Å²) >= 11 is 13.8. The normalized spacial score (nSPS) is 11.2. The van der Waals surface area contributed by atoms with Gasteiger partial charge < -0.3 is 5.32 Å². The predicted octanol–water partition coefficient (Wildman–Crippen LogP) is 8.86. The van der Waals surface area contributed by atoms with Crippen LogP contribution in [0.25, 0.3) is 22.5 Å². The predicted molar refractivity (Wildman–Crippen MR) is 188 cm³/mol. The van der Waals surface area contributed by atoms with E-state index in [4.69, 9.17) is 23.2 Å². The van der Waals surface area contributed by atoms with Crippen molar-refractivity contribution in [1.29, 1.82) is 0 Å². The first-order valence-electron chi connectivity index (χ1n) is 14.2. The van der Waals surface area contributed by atoms with Gasteiger partial charge in [0.05, 0.1) is 10.6 Å². The average Bonchev–Trinajstić information content (AvgIpc) is 3.09. The molecule has 0 atom stereocenters. The van der Waals surface area contributed by atoms with Gasteiger partial charge in [0.2, 0.25) is 0 Å². The molecule has 8 nitrogen and oxygen atoms in total. The van der Waals surface area contributed by atoms with Gasteiger partial charge in [0.15, 0.2) is 0 Å². The van der Waals surface area contributed by atoms with Crippen LogP contribution in [-0.4, -0.2) is 29.5 Å². The Morgan fingerprint density at radius 1 is 0.723 bits per heavy atom. The standard InChI is InChI=1S/C35H25Cl2N5O3S2/c36-26-16-18-27(19-17-26)38-34(43)28-20-31(30(21-29(28)37)46-22-23-10-4-1-5-11-23)47(44,45)42-35-39-32(24-12-6-2-7-13-24)33(40-41-35)25-14-8-3-9-15-25/h1-21H,22H2,(H,38,43)(H,39,41,42). The highest BCUT2D eigenvalue weighted by molar-refractivity contribution is 7.99. The van der Waals surface area contributed by atoms with Gasteiger partial charge in [-0.2, -0.15) is 0 Å². The van der Waals surface area contributed by atoms with E-state index in [9.17, 15) is 13.2 Å². The summed E-state index contributed by atoms with van der Waals surface area (Å²) in [4.78, 5) is 18.1. The number of hydrogen-bond acceptors (Lipinski definition) is 7. The number of anilines is 2. The van der Waals surface area contributed by atoms with Gasteiger partial charge in [-0.25, -0.2) is 18.1 Å². The van der Waals surface area contributed by atoms with Crippen LogP contribution >= 0.6 is 35.0 Å². The van der Waals surface area contributed by atoms with Gasteiger partial charge in [0, 0.05) is 32.5 Å². The molecular formula is C35H25Cl2N5O3S2. The lowest BCUT2D eigenvalue weighted by molar-refractivity contribution is 0.102. The van der Waals surface area contributed by atoms with Crippen LogP contribution in [0.4, 0.5) is 11.6 Å². The number of thioether (sulfide) groups is 1. The largest absolute Gasteiger partial charge is 0.322 e. The third-order valence-electron chi connectivity index (χ3n) is 6.91. The Labute approximate surface area is 286 Å². The van der Waals surface area contributed by atoms with Gasteiger partial charge in [-0.1, -0.05) is 114 Å². The smallest absolute Gasteiger partial charge is 0.265 e. The van der Waals surface area contributed by atoms with E-state index in [2.05, 4.69) is 25.2 Å². The van der Waals surface area contributed by atoms with E-state index < -0.39 is 15.9 Å². The molecule has 0 aliphatic heterocycles. The number of hydrogen-bond donors (Lipinski definition) is 2.